The fraction of sp³-hybridized carbons (Fsp3) is 0.500. The van der Waals surface area contributed by atoms with Crippen LogP contribution in [0.5, 0.6) is 5.75 Å². The summed E-state index contributed by atoms with van der Waals surface area (Å²) in [7, 11) is 1.68. The maximum Gasteiger partial charge on any atom is 0.256 e. The van der Waals surface area contributed by atoms with Crippen LogP contribution in [0.3, 0.4) is 0 Å². The average Bonchev–Trinajstić information content (AvgIpc) is 3.05. The molecule has 4 rings (SSSR count). The van der Waals surface area contributed by atoms with Crippen molar-refractivity contribution in [2.24, 2.45) is 11.3 Å². The summed E-state index contributed by atoms with van der Waals surface area (Å²) in [5.74, 6) is 1.53. The van der Waals surface area contributed by atoms with Gasteiger partial charge in [-0.25, -0.2) is 0 Å². The van der Waals surface area contributed by atoms with Crippen LogP contribution in [0.15, 0.2) is 12.1 Å². The first-order chi connectivity index (χ1) is 13.7. The molecule has 1 amide bonds. The fourth-order valence-electron chi connectivity index (χ4n) is 4.42. The standard InChI is InChI=1S/C22H26I2N2O2S/c1-5-22(2,3)11-6-7-13-16(8-11)29-21-17(13)20(27)25-19(26-21)14-9-12(23)10-15(24)18(14)28-4/h9-11,19,26H,5-8H2,1-4H3,(H,25,27)/t11-,19+/m0/s1. The molecule has 2 atom stereocenters. The van der Waals surface area contributed by atoms with Crippen LogP contribution in [0.2, 0.25) is 0 Å². The molecule has 0 unspecified atom stereocenters. The Kier molecular flexibility index (Phi) is 6.11. The Morgan fingerprint density at radius 1 is 1.28 bits per heavy atom. The Bertz CT molecular complexity index is 970. The molecule has 0 saturated heterocycles. The Morgan fingerprint density at radius 3 is 2.72 bits per heavy atom. The van der Waals surface area contributed by atoms with E-state index in [9.17, 15) is 4.79 Å². The molecule has 1 aromatic heterocycles. The summed E-state index contributed by atoms with van der Waals surface area (Å²) < 4.78 is 7.82. The second kappa shape index (κ2) is 8.18. The third kappa shape index (κ3) is 3.91. The van der Waals surface area contributed by atoms with Crippen molar-refractivity contribution in [2.75, 3.05) is 12.4 Å². The van der Waals surface area contributed by atoms with Crippen molar-refractivity contribution in [3.05, 3.63) is 40.8 Å². The minimum absolute atomic E-state index is 0.0328. The fourth-order valence-corrected chi connectivity index (χ4v) is 7.88. The van der Waals surface area contributed by atoms with Gasteiger partial charge < -0.3 is 15.4 Å². The Labute approximate surface area is 203 Å². The topological polar surface area (TPSA) is 50.4 Å². The molecule has 2 N–H and O–H groups in total. The quantitative estimate of drug-likeness (QED) is 0.385. The average molecular weight is 636 g/mol. The minimum Gasteiger partial charge on any atom is -0.495 e. The van der Waals surface area contributed by atoms with Gasteiger partial charge in [0, 0.05) is 14.0 Å². The van der Waals surface area contributed by atoms with Crippen molar-refractivity contribution in [3.8, 4) is 5.75 Å². The van der Waals surface area contributed by atoms with E-state index in [1.54, 1.807) is 18.4 Å². The molecule has 0 spiro atoms. The second-order valence-electron chi connectivity index (χ2n) is 8.55. The lowest BCUT2D eigenvalue weighted by atomic mass is 9.69. The number of thiophene rings is 1. The highest BCUT2D eigenvalue weighted by molar-refractivity contribution is 14.1. The van der Waals surface area contributed by atoms with Gasteiger partial charge in [0.1, 0.15) is 16.9 Å². The number of anilines is 1. The monoisotopic (exact) mass is 636 g/mol. The molecule has 7 heteroatoms. The molecule has 2 heterocycles. The van der Waals surface area contributed by atoms with Gasteiger partial charge in [0.2, 0.25) is 0 Å². The summed E-state index contributed by atoms with van der Waals surface area (Å²) in [6.07, 6.45) is 4.15. The van der Waals surface area contributed by atoms with Gasteiger partial charge in [0.25, 0.3) is 5.91 Å². The molecule has 4 nitrogen and oxygen atoms in total. The molecule has 156 valence electrons. The predicted molar refractivity (Wildman–Crippen MR) is 136 cm³/mol. The maximum atomic E-state index is 13.1. The number of hydrogen-bond donors (Lipinski definition) is 2. The van der Waals surface area contributed by atoms with Crippen LogP contribution >= 0.6 is 56.5 Å². The summed E-state index contributed by atoms with van der Waals surface area (Å²) >= 11 is 6.37. The third-order valence-electron chi connectivity index (χ3n) is 6.61. The van der Waals surface area contributed by atoms with Crippen molar-refractivity contribution < 1.29 is 9.53 Å². The molecule has 1 aromatic carbocycles. The van der Waals surface area contributed by atoms with Gasteiger partial charge in [-0.3, -0.25) is 4.79 Å². The van der Waals surface area contributed by atoms with Crippen molar-refractivity contribution in [3.63, 3.8) is 0 Å². The van der Waals surface area contributed by atoms with Gasteiger partial charge >= 0.3 is 0 Å². The van der Waals surface area contributed by atoms with Gasteiger partial charge in [0.15, 0.2) is 0 Å². The van der Waals surface area contributed by atoms with E-state index in [0.29, 0.717) is 11.3 Å². The van der Waals surface area contributed by atoms with Gasteiger partial charge in [-0.05, 0) is 93.5 Å². The Morgan fingerprint density at radius 2 is 2.03 bits per heavy atom. The molecule has 0 radical (unpaired) electrons. The first-order valence-electron chi connectivity index (χ1n) is 10.00. The molecule has 29 heavy (non-hydrogen) atoms. The number of amides is 1. The minimum atomic E-state index is -0.281. The van der Waals surface area contributed by atoms with Crippen LogP contribution in [0.4, 0.5) is 5.00 Å². The van der Waals surface area contributed by atoms with E-state index < -0.39 is 0 Å². The first-order valence-corrected chi connectivity index (χ1v) is 13.0. The zero-order valence-corrected chi connectivity index (χ0v) is 22.2. The first kappa shape index (κ1) is 21.7. The third-order valence-corrected chi connectivity index (χ3v) is 9.22. The van der Waals surface area contributed by atoms with Gasteiger partial charge in [-0.15, -0.1) is 11.3 Å². The second-order valence-corrected chi connectivity index (χ2v) is 12.1. The molecule has 0 fully saturated rings. The SMILES string of the molecule is CCC(C)(C)[C@H]1CCc2c(sc3c2C(=O)N[C@@H](c2cc(I)cc(I)c2OC)N3)C1. The van der Waals surface area contributed by atoms with E-state index in [0.717, 1.165) is 48.3 Å². The van der Waals surface area contributed by atoms with Crippen molar-refractivity contribution in [2.45, 2.75) is 52.6 Å². The molecule has 1 aliphatic heterocycles. The number of carbonyl (C=O) groups excluding carboxylic acids is 1. The number of carbonyl (C=O) groups is 1. The summed E-state index contributed by atoms with van der Waals surface area (Å²) in [5, 5.41) is 7.78. The Balaban J connectivity index is 1.68. The maximum absolute atomic E-state index is 13.1. The molecule has 1 aliphatic carbocycles. The largest absolute Gasteiger partial charge is 0.495 e. The lowest BCUT2D eigenvalue weighted by molar-refractivity contribution is 0.0934. The van der Waals surface area contributed by atoms with Gasteiger partial charge in [0.05, 0.1) is 16.2 Å². The number of hydrogen-bond acceptors (Lipinski definition) is 4. The van der Waals surface area contributed by atoms with Crippen LogP contribution in [0, 0.1) is 18.5 Å². The number of rotatable bonds is 4. The number of fused-ring (bicyclic) bond motifs is 3. The van der Waals surface area contributed by atoms with E-state index in [-0.39, 0.29) is 12.1 Å². The van der Waals surface area contributed by atoms with E-state index in [1.165, 1.54) is 16.9 Å². The number of nitrogens with one attached hydrogen (secondary N) is 2. The summed E-state index contributed by atoms with van der Waals surface area (Å²) in [4.78, 5) is 14.5. The summed E-state index contributed by atoms with van der Waals surface area (Å²) in [6.45, 7) is 7.04. The smallest absolute Gasteiger partial charge is 0.256 e. The summed E-state index contributed by atoms with van der Waals surface area (Å²) in [5.41, 5.74) is 3.44. The van der Waals surface area contributed by atoms with Crippen molar-refractivity contribution >= 4 is 67.4 Å². The van der Waals surface area contributed by atoms with Crippen molar-refractivity contribution in [1.29, 1.82) is 0 Å². The molecule has 2 aromatic rings. The van der Waals surface area contributed by atoms with Gasteiger partial charge in [-0.2, -0.15) is 0 Å². The van der Waals surface area contributed by atoms with Crippen LogP contribution < -0.4 is 15.4 Å². The van der Waals surface area contributed by atoms with E-state index >= 15 is 0 Å². The molecule has 0 saturated carbocycles. The highest BCUT2D eigenvalue weighted by Crippen LogP contribution is 2.47. The lowest BCUT2D eigenvalue weighted by Crippen LogP contribution is -2.38. The molecule has 0 bridgehead atoms. The lowest BCUT2D eigenvalue weighted by Gasteiger charge is -2.36. The zero-order chi connectivity index (χ0) is 20.9. The van der Waals surface area contributed by atoms with E-state index in [1.807, 2.05) is 0 Å². The predicted octanol–water partition coefficient (Wildman–Crippen LogP) is 6.36. The van der Waals surface area contributed by atoms with Crippen molar-refractivity contribution in [1.82, 2.24) is 5.32 Å². The zero-order valence-electron chi connectivity index (χ0n) is 17.1. The van der Waals surface area contributed by atoms with Gasteiger partial charge in [-0.1, -0.05) is 27.2 Å². The molecular weight excluding hydrogens is 610 g/mol. The molecule has 2 aliphatic rings. The number of methoxy groups -OCH3 is 1. The van der Waals surface area contributed by atoms with Crippen LogP contribution in [-0.4, -0.2) is 13.0 Å². The highest BCUT2D eigenvalue weighted by Gasteiger charge is 2.38. The van der Waals surface area contributed by atoms with E-state index in [4.69, 9.17) is 4.74 Å². The normalized spacial score (nSPS) is 21.1. The van der Waals surface area contributed by atoms with E-state index in [2.05, 4.69) is 88.7 Å². The molecular formula is C22H26I2N2O2S. The van der Waals surface area contributed by atoms with Crippen LogP contribution in [-0.2, 0) is 12.8 Å². The van der Waals surface area contributed by atoms with Crippen LogP contribution in [0.1, 0.15) is 66.1 Å². The summed E-state index contributed by atoms with van der Waals surface area (Å²) in [6, 6.07) is 4.16. The number of halogens is 2. The Hall–Kier alpha value is -0.550. The van der Waals surface area contributed by atoms with Crippen LogP contribution in [0.25, 0.3) is 0 Å². The number of ether oxygens (including phenoxy) is 1. The number of benzene rings is 1. The highest BCUT2D eigenvalue weighted by atomic mass is 127.